The molecule has 2 saturated heterocycles. The van der Waals surface area contributed by atoms with Gasteiger partial charge in [-0.25, -0.2) is 0 Å². The average Bonchev–Trinajstić information content (AvgIpc) is 2.95. The summed E-state index contributed by atoms with van der Waals surface area (Å²) >= 11 is 0. The van der Waals surface area contributed by atoms with Crippen LogP contribution < -0.4 is 20.4 Å². The number of hydrogen-bond donors (Lipinski definition) is 2. The van der Waals surface area contributed by atoms with Crippen LogP contribution in [0, 0.1) is 11.8 Å². The van der Waals surface area contributed by atoms with Crippen molar-refractivity contribution in [2.24, 2.45) is 11.8 Å². The van der Waals surface area contributed by atoms with Crippen LogP contribution >= 0.6 is 0 Å². The van der Waals surface area contributed by atoms with Crippen LogP contribution in [0.1, 0.15) is 51.4 Å². The molecule has 0 bridgehead atoms. The van der Waals surface area contributed by atoms with E-state index in [1.807, 2.05) is 49.1 Å². The molecule has 2 amide bonds. The van der Waals surface area contributed by atoms with Crippen LogP contribution in [0.4, 0.5) is 11.4 Å². The number of nitrogens with one attached hydrogen (secondary N) is 2. The van der Waals surface area contributed by atoms with E-state index in [0.29, 0.717) is 0 Å². The van der Waals surface area contributed by atoms with Crippen molar-refractivity contribution in [1.29, 1.82) is 0 Å². The molecule has 2 aliphatic heterocycles. The van der Waals surface area contributed by atoms with Crippen molar-refractivity contribution in [3.05, 3.63) is 49.1 Å². The number of carbonyl (C=O) groups excluding carboxylic acids is 2. The Morgan fingerprint density at radius 3 is 1.36 bits per heavy atom. The Hall–Kier alpha value is -3.16. The van der Waals surface area contributed by atoms with Crippen LogP contribution in [0.5, 0.6) is 0 Å². The SMILES string of the molecule is O=C(NCCCCCCNC(=O)C1CCN(c2ccncc2)CC1)C1CCN(c2ccncc2)CC1. The second kappa shape index (κ2) is 13.8. The van der Waals surface area contributed by atoms with Gasteiger partial charge in [0.15, 0.2) is 0 Å². The number of hydrogen-bond acceptors (Lipinski definition) is 6. The third kappa shape index (κ3) is 7.67. The summed E-state index contributed by atoms with van der Waals surface area (Å²) in [5.74, 6) is 0.642. The molecule has 0 radical (unpaired) electrons. The van der Waals surface area contributed by atoms with E-state index in [4.69, 9.17) is 0 Å². The van der Waals surface area contributed by atoms with E-state index in [2.05, 4.69) is 30.4 Å². The highest BCUT2D eigenvalue weighted by Crippen LogP contribution is 2.24. The maximum Gasteiger partial charge on any atom is 0.223 e. The predicted octanol–water partition coefficient (Wildman–Crippen LogP) is 3.40. The van der Waals surface area contributed by atoms with Gasteiger partial charge >= 0.3 is 0 Å². The topological polar surface area (TPSA) is 90.5 Å². The van der Waals surface area contributed by atoms with Crippen LogP contribution in [0.2, 0.25) is 0 Å². The lowest BCUT2D eigenvalue weighted by Gasteiger charge is -2.33. The van der Waals surface area contributed by atoms with Gasteiger partial charge in [-0.1, -0.05) is 12.8 Å². The standard InChI is InChI=1S/C28H40N6O2/c35-27(23-9-19-33(20-10-23)25-5-15-29-16-6-25)31-13-3-1-2-4-14-32-28(36)24-11-21-34(22-12-24)26-7-17-30-18-8-26/h5-8,15-18,23-24H,1-4,9-14,19-22H2,(H,31,35)(H,32,36). The molecule has 2 aliphatic rings. The van der Waals surface area contributed by atoms with Crippen molar-refractivity contribution in [3.63, 3.8) is 0 Å². The van der Waals surface area contributed by atoms with Crippen LogP contribution in [0.25, 0.3) is 0 Å². The summed E-state index contributed by atoms with van der Waals surface area (Å²) in [7, 11) is 0. The average molecular weight is 493 g/mol. The summed E-state index contributed by atoms with van der Waals surface area (Å²) in [5.41, 5.74) is 2.37. The minimum atomic E-state index is 0.120. The van der Waals surface area contributed by atoms with Gasteiger partial charge in [-0.2, -0.15) is 0 Å². The molecule has 8 nitrogen and oxygen atoms in total. The number of rotatable bonds is 11. The molecular formula is C28H40N6O2. The summed E-state index contributed by atoms with van der Waals surface area (Å²) in [4.78, 5) is 37.8. The molecule has 4 rings (SSSR count). The van der Waals surface area contributed by atoms with E-state index in [-0.39, 0.29) is 23.7 Å². The van der Waals surface area contributed by atoms with Crippen molar-refractivity contribution in [2.45, 2.75) is 51.4 Å². The molecule has 2 N–H and O–H groups in total. The first-order valence-corrected chi connectivity index (χ1v) is 13.6. The number of nitrogens with zero attached hydrogens (tertiary/aromatic N) is 4. The zero-order valence-corrected chi connectivity index (χ0v) is 21.3. The third-order valence-corrected chi connectivity index (χ3v) is 7.49. The molecule has 8 heteroatoms. The Morgan fingerprint density at radius 1 is 0.639 bits per heavy atom. The zero-order valence-electron chi connectivity index (χ0n) is 21.3. The molecule has 0 saturated carbocycles. The van der Waals surface area contributed by atoms with Gasteiger partial charge in [-0.15, -0.1) is 0 Å². The Labute approximate surface area is 214 Å². The first-order valence-electron chi connectivity index (χ1n) is 13.6. The summed E-state index contributed by atoms with van der Waals surface area (Å²) < 4.78 is 0. The quantitative estimate of drug-likeness (QED) is 0.467. The zero-order chi connectivity index (χ0) is 25.0. The second-order valence-corrected chi connectivity index (χ2v) is 9.93. The summed E-state index contributed by atoms with van der Waals surface area (Å²) in [6.07, 6.45) is 15.0. The van der Waals surface area contributed by atoms with E-state index < -0.39 is 0 Å². The summed E-state index contributed by atoms with van der Waals surface area (Å²) in [5, 5.41) is 6.26. The van der Waals surface area contributed by atoms with Gasteiger partial charge in [0.1, 0.15) is 0 Å². The van der Waals surface area contributed by atoms with Crippen LogP contribution in [0.3, 0.4) is 0 Å². The first kappa shape index (κ1) is 25.9. The van der Waals surface area contributed by atoms with Crippen molar-refractivity contribution < 1.29 is 9.59 Å². The van der Waals surface area contributed by atoms with Gasteiger partial charge in [-0.05, 0) is 62.8 Å². The minimum absolute atomic E-state index is 0.120. The lowest BCUT2D eigenvalue weighted by Crippen LogP contribution is -2.41. The molecule has 2 aromatic heterocycles. The molecule has 0 unspecified atom stereocenters. The van der Waals surface area contributed by atoms with Crippen molar-refractivity contribution in [3.8, 4) is 0 Å². The van der Waals surface area contributed by atoms with E-state index in [0.717, 1.165) is 90.6 Å². The maximum absolute atomic E-state index is 12.5. The van der Waals surface area contributed by atoms with Crippen molar-refractivity contribution in [2.75, 3.05) is 49.1 Å². The normalized spacial score (nSPS) is 17.1. The predicted molar refractivity (Wildman–Crippen MR) is 143 cm³/mol. The molecule has 0 atom stereocenters. The smallest absolute Gasteiger partial charge is 0.223 e. The molecule has 2 aromatic rings. The lowest BCUT2D eigenvalue weighted by atomic mass is 9.95. The molecule has 0 aromatic carbocycles. The first-order chi connectivity index (χ1) is 17.7. The fraction of sp³-hybridized carbons (Fsp3) is 0.571. The monoisotopic (exact) mass is 492 g/mol. The molecule has 194 valence electrons. The Kier molecular flexibility index (Phi) is 9.94. The molecular weight excluding hydrogens is 452 g/mol. The van der Waals surface area contributed by atoms with Crippen molar-refractivity contribution >= 4 is 23.2 Å². The van der Waals surface area contributed by atoms with Gasteiger partial charge in [0.2, 0.25) is 11.8 Å². The Balaban J connectivity index is 0.992. The summed E-state index contributed by atoms with van der Waals surface area (Å²) in [6, 6.07) is 8.11. The number of amides is 2. The van der Waals surface area contributed by atoms with E-state index in [1.165, 1.54) is 11.4 Å². The maximum atomic E-state index is 12.5. The Morgan fingerprint density at radius 2 is 1.00 bits per heavy atom. The highest BCUT2D eigenvalue weighted by molar-refractivity contribution is 5.79. The minimum Gasteiger partial charge on any atom is -0.371 e. The van der Waals surface area contributed by atoms with Crippen LogP contribution in [-0.2, 0) is 9.59 Å². The van der Waals surface area contributed by atoms with Gasteiger partial charge in [-0.3, -0.25) is 19.6 Å². The highest BCUT2D eigenvalue weighted by atomic mass is 16.2. The van der Waals surface area contributed by atoms with Crippen LogP contribution in [-0.4, -0.2) is 61.1 Å². The number of aromatic nitrogens is 2. The summed E-state index contributed by atoms with van der Waals surface area (Å²) in [6.45, 7) is 5.14. The molecule has 36 heavy (non-hydrogen) atoms. The Bertz CT molecular complexity index is 848. The molecule has 0 aliphatic carbocycles. The largest absolute Gasteiger partial charge is 0.371 e. The van der Waals surface area contributed by atoms with Gasteiger partial charge in [0.05, 0.1) is 0 Å². The second-order valence-electron chi connectivity index (χ2n) is 9.93. The van der Waals surface area contributed by atoms with Gasteiger partial charge < -0.3 is 20.4 Å². The van der Waals surface area contributed by atoms with E-state index in [9.17, 15) is 9.59 Å². The number of carbonyl (C=O) groups is 2. The fourth-order valence-corrected chi connectivity index (χ4v) is 5.22. The number of piperidine rings is 2. The highest BCUT2D eigenvalue weighted by Gasteiger charge is 2.25. The van der Waals surface area contributed by atoms with Gasteiger partial charge in [0.25, 0.3) is 0 Å². The fourth-order valence-electron chi connectivity index (χ4n) is 5.22. The van der Waals surface area contributed by atoms with Crippen LogP contribution in [0.15, 0.2) is 49.1 Å². The van der Waals surface area contributed by atoms with E-state index in [1.54, 1.807) is 0 Å². The number of anilines is 2. The van der Waals surface area contributed by atoms with Crippen molar-refractivity contribution in [1.82, 2.24) is 20.6 Å². The van der Waals surface area contributed by atoms with Gasteiger partial charge in [0, 0.05) is 87.3 Å². The number of pyridine rings is 2. The van der Waals surface area contributed by atoms with E-state index >= 15 is 0 Å². The molecule has 0 spiro atoms. The molecule has 4 heterocycles. The number of unbranched alkanes of at least 4 members (excludes halogenated alkanes) is 3. The third-order valence-electron chi connectivity index (χ3n) is 7.49. The molecule has 2 fully saturated rings. The lowest BCUT2D eigenvalue weighted by molar-refractivity contribution is -0.126.